The van der Waals surface area contributed by atoms with Gasteiger partial charge in [-0.1, -0.05) is 18.2 Å². The van der Waals surface area contributed by atoms with Crippen LogP contribution in [0.4, 0.5) is 4.39 Å². The summed E-state index contributed by atoms with van der Waals surface area (Å²) >= 11 is 0. The van der Waals surface area contributed by atoms with Crippen LogP contribution in [-0.4, -0.2) is 40.3 Å². The van der Waals surface area contributed by atoms with Crippen LogP contribution in [0.3, 0.4) is 0 Å². The molecule has 1 N–H and O–H groups in total. The average molecular weight is 317 g/mol. The second-order valence-electron chi connectivity index (χ2n) is 4.63. The molecule has 0 spiro atoms. The Balaban J connectivity index is 2.39. The zero-order valence-electron chi connectivity index (χ0n) is 12.0. The average Bonchev–Trinajstić information content (AvgIpc) is 2.44. The quantitative estimate of drug-likeness (QED) is 0.697. The molecule has 0 aliphatic carbocycles. The molecule has 1 amide bonds. The van der Waals surface area contributed by atoms with Crippen molar-refractivity contribution in [1.29, 1.82) is 0 Å². The molecule has 0 aliphatic heterocycles. The van der Waals surface area contributed by atoms with Crippen LogP contribution in [0.2, 0.25) is 0 Å². The lowest BCUT2D eigenvalue weighted by Crippen LogP contribution is -2.27. The van der Waals surface area contributed by atoms with Crippen molar-refractivity contribution in [3.05, 3.63) is 35.6 Å². The molecular weight excluding hydrogens is 297 g/mol. The minimum atomic E-state index is -3.51. The van der Waals surface area contributed by atoms with Gasteiger partial charge in [0, 0.05) is 32.2 Å². The van der Waals surface area contributed by atoms with Gasteiger partial charge in [0.25, 0.3) is 0 Å². The predicted molar refractivity (Wildman–Crippen MR) is 78.0 cm³/mol. The monoisotopic (exact) mass is 317 g/mol. The minimum Gasteiger partial charge on any atom is -0.385 e. The topological polar surface area (TPSA) is 72.5 Å². The molecule has 0 aromatic heterocycles. The van der Waals surface area contributed by atoms with Crippen LogP contribution >= 0.6 is 0 Å². The highest BCUT2D eigenvalue weighted by Gasteiger charge is 2.16. The number of methoxy groups -OCH3 is 1. The Morgan fingerprint density at radius 2 is 2.05 bits per heavy atom. The summed E-state index contributed by atoms with van der Waals surface area (Å²) in [6.45, 7) is 0.978. The Morgan fingerprint density at radius 3 is 2.71 bits per heavy atom. The van der Waals surface area contributed by atoms with Gasteiger partial charge in [0.15, 0.2) is 9.84 Å². The van der Waals surface area contributed by atoms with E-state index in [-0.39, 0.29) is 23.6 Å². The first-order valence-electron chi connectivity index (χ1n) is 6.64. The van der Waals surface area contributed by atoms with Gasteiger partial charge in [-0.05, 0) is 12.5 Å². The van der Waals surface area contributed by atoms with Crippen LogP contribution in [-0.2, 0) is 25.1 Å². The molecule has 0 fully saturated rings. The molecule has 7 heteroatoms. The Bertz CT molecular complexity index is 560. The van der Waals surface area contributed by atoms with E-state index in [0.717, 1.165) is 0 Å². The summed E-state index contributed by atoms with van der Waals surface area (Å²) in [5.41, 5.74) is 0.123. The number of benzene rings is 1. The van der Waals surface area contributed by atoms with E-state index >= 15 is 0 Å². The van der Waals surface area contributed by atoms with Gasteiger partial charge in [0.1, 0.15) is 5.82 Å². The molecular formula is C14H20FNO4S. The molecule has 0 heterocycles. The standard InChI is InChI=1S/C14H20FNO4S/c1-20-9-4-8-16-14(17)7-10-21(18,19)11-12-5-2-3-6-13(12)15/h2-3,5-6H,4,7-11H2,1H3,(H,16,17). The predicted octanol–water partition coefficient (Wildman–Crippen LogP) is 1.28. The van der Waals surface area contributed by atoms with Crippen molar-refractivity contribution in [3.63, 3.8) is 0 Å². The van der Waals surface area contributed by atoms with Gasteiger partial charge >= 0.3 is 0 Å². The summed E-state index contributed by atoms with van der Waals surface area (Å²) in [6.07, 6.45) is 0.550. The molecule has 1 aromatic carbocycles. The zero-order chi connectivity index (χ0) is 15.7. The lowest BCUT2D eigenvalue weighted by atomic mass is 10.2. The number of hydrogen-bond donors (Lipinski definition) is 1. The van der Waals surface area contributed by atoms with Crippen molar-refractivity contribution in [3.8, 4) is 0 Å². The summed E-state index contributed by atoms with van der Waals surface area (Å²) < 4.78 is 42.0. The van der Waals surface area contributed by atoms with Gasteiger partial charge in [0.05, 0.1) is 11.5 Å². The van der Waals surface area contributed by atoms with Gasteiger partial charge in [0.2, 0.25) is 5.91 Å². The third-order valence-electron chi connectivity index (χ3n) is 2.82. The van der Waals surface area contributed by atoms with Crippen LogP contribution in [0.25, 0.3) is 0 Å². The second-order valence-corrected chi connectivity index (χ2v) is 6.81. The lowest BCUT2D eigenvalue weighted by Gasteiger charge is -2.07. The molecule has 21 heavy (non-hydrogen) atoms. The van der Waals surface area contributed by atoms with E-state index in [1.807, 2.05) is 0 Å². The van der Waals surface area contributed by atoms with Crippen molar-refractivity contribution in [1.82, 2.24) is 5.32 Å². The maximum Gasteiger partial charge on any atom is 0.221 e. The number of sulfone groups is 1. The van der Waals surface area contributed by atoms with Gasteiger partial charge in [-0.25, -0.2) is 12.8 Å². The highest BCUT2D eigenvalue weighted by molar-refractivity contribution is 7.90. The van der Waals surface area contributed by atoms with E-state index in [1.165, 1.54) is 18.2 Å². The van der Waals surface area contributed by atoms with Crippen molar-refractivity contribution in [2.24, 2.45) is 0 Å². The maximum absolute atomic E-state index is 13.4. The molecule has 0 bridgehead atoms. The first-order valence-corrected chi connectivity index (χ1v) is 8.46. The Labute approximate surface area is 124 Å². The molecule has 0 saturated heterocycles. The molecule has 5 nitrogen and oxygen atoms in total. The lowest BCUT2D eigenvalue weighted by molar-refractivity contribution is -0.120. The fraction of sp³-hybridized carbons (Fsp3) is 0.500. The normalized spacial score (nSPS) is 11.3. The Morgan fingerprint density at radius 1 is 1.33 bits per heavy atom. The van der Waals surface area contributed by atoms with Crippen molar-refractivity contribution in [2.75, 3.05) is 26.0 Å². The number of ether oxygens (including phenoxy) is 1. The number of halogens is 1. The maximum atomic E-state index is 13.4. The number of rotatable bonds is 9. The zero-order valence-corrected chi connectivity index (χ0v) is 12.8. The van der Waals surface area contributed by atoms with Gasteiger partial charge in [-0.2, -0.15) is 0 Å². The van der Waals surface area contributed by atoms with E-state index in [0.29, 0.717) is 19.6 Å². The Hall–Kier alpha value is -1.47. The SMILES string of the molecule is COCCCNC(=O)CCS(=O)(=O)Cc1ccccc1F. The molecule has 0 unspecified atom stereocenters. The molecule has 0 aliphatic rings. The van der Waals surface area contributed by atoms with Crippen molar-refractivity contribution >= 4 is 15.7 Å². The number of hydrogen-bond acceptors (Lipinski definition) is 4. The molecule has 0 atom stereocenters. The number of carbonyl (C=O) groups excluding carboxylic acids is 1. The molecule has 0 saturated carbocycles. The van der Waals surface area contributed by atoms with E-state index < -0.39 is 21.4 Å². The second kappa shape index (κ2) is 8.74. The fourth-order valence-electron chi connectivity index (χ4n) is 1.71. The van der Waals surface area contributed by atoms with E-state index in [9.17, 15) is 17.6 Å². The Kier molecular flexibility index (Phi) is 7.31. The fourth-order valence-corrected chi connectivity index (χ4v) is 3.05. The largest absolute Gasteiger partial charge is 0.385 e. The first kappa shape index (κ1) is 17.6. The highest BCUT2D eigenvalue weighted by Crippen LogP contribution is 2.11. The molecule has 1 rings (SSSR count). The summed E-state index contributed by atoms with van der Waals surface area (Å²) in [6, 6.07) is 5.72. The minimum absolute atomic E-state index is 0.121. The summed E-state index contributed by atoms with van der Waals surface area (Å²) in [4.78, 5) is 11.5. The first-order chi connectivity index (χ1) is 9.94. The van der Waals surface area contributed by atoms with Crippen molar-refractivity contribution < 1.29 is 22.3 Å². The highest BCUT2D eigenvalue weighted by atomic mass is 32.2. The van der Waals surface area contributed by atoms with Gasteiger partial charge in [-0.15, -0.1) is 0 Å². The third-order valence-corrected chi connectivity index (χ3v) is 4.40. The van der Waals surface area contributed by atoms with Crippen LogP contribution in [0.15, 0.2) is 24.3 Å². The van der Waals surface area contributed by atoms with E-state index in [4.69, 9.17) is 4.74 Å². The number of carbonyl (C=O) groups is 1. The summed E-state index contributed by atoms with van der Waals surface area (Å²) in [5, 5.41) is 2.61. The molecule has 1 aromatic rings. The number of nitrogens with one attached hydrogen (secondary N) is 1. The van der Waals surface area contributed by atoms with Gasteiger partial charge < -0.3 is 10.1 Å². The van der Waals surface area contributed by atoms with E-state index in [2.05, 4.69) is 5.32 Å². The van der Waals surface area contributed by atoms with Crippen molar-refractivity contribution in [2.45, 2.75) is 18.6 Å². The smallest absolute Gasteiger partial charge is 0.221 e. The molecule has 118 valence electrons. The van der Waals surface area contributed by atoms with Gasteiger partial charge in [-0.3, -0.25) is 4.79 Å². The third kappa shape index (κ3) is 7.19. The summed E-state index contributed by atoms with van der Waals surface area (Å²) in [5.74, 6) is -1.57. The molecule has 0 radical (unpaired) electrons. The van der Waals surface area contributed by atoms with E-state index in [1.54, 1.807) is 13.2 Å². The van der Waals surface area contributed by atoms with Crippen LogP contribution in [0, 0.1) is 5.82 Å². The van der Waals surface area contributed by atoms with Crippen LogP contribution < -0.4 is 5.32 Å². The van der Waals surface area contributed by atoms with Crippen LogP contribution in [0.1, 0.15) is 18.4 Å². The number of amides is 1. The summed E-state index contributed by atoms with van der Waals surface area (Å²) in [7, 11) is -1.95. The van der Waals surface area contributed by atoms with Crippen LogP contribution in [0.5, 0.6) is 0 Å².